The topological polar surface area (TPSA) is 84.2 Å². The average molecular weight is 384 g/mol. The highest BCUT2D eigenvalue weighted by atomic mass is 32.2. The molecule has 0 saturated carbocycles. The summed E-state index contributed by atoms with van der Waals surface area (Å²) < 4.78 is 28.6. The standard InChI is InChI=1S/C18H20N6O2S/c25-27(26,14-16-4-2-1-3-5-16)24-12-10-22(11-13-24)17-6-7-18(21-20-17)23-9-8-19-15-23/h1-9,15H,10-14H2. The molecule has 2 aromatic heterocycles. The van der Waals surface area contributed by atoms with Crippen molar-refractivity contribution in [3.8, 4) is 5.82 Å². The Hall–Kier alpha value is -2.78. The lowest BCUT2D eigenvalue weighted by Gasteiger charge is -2.34. The summed E-state index contributed by atoms with van der Waals surface area (Å²) in [5.41, 5.74) is 0.806. The Labute approximate surface area is 158 Å². The molecule has 1 saturated heterocycles. The van der Waals surface area contributed by atoms with E-state index in [9.17, 15) is 8.42 Å². The first-order valence-electron chi connectivity index (χ1n) is 8.70. The van der Waals surface area contributed by atoms with Gasteiger partial charge in [-0.25, -0.2) is 13.4 Å². The third kappa shape index (κ3) is 3.99. The molecule has 0 spiro atoms. The number of hydrogen-bond acceptors (Lipinski definition) is 6. The maximum absolute atomic E-state index is 12.6. The first-order chi connectivity index (χ1) is 13.1. The third-order valence-corrected chi connectivity index (χ3v) is 6.40. The summed E-state index contributed by atoms with van der Waals surface area (Å²) in [6.07, 6.45) is 5.16. The molecule has 0 amide bonds. The van der Waals surface area contributed by atoms with Crippen molar-refractivity contribution in [3.05, 3.63) is 66.7 Å². The van der Waals surface area contributed by atoms with Gasteiger partial charge in [-0.3, -0.25) is 4.57 Å². The summed E-state index contributed by atoms with van der Waals surface area (Å²) >= 11 is 0. The summed E-state index contributed by atoms with van der Waals surface area (Å²) in [6.45, 7) is 2.07. The van der Waals surface area contributed by atoms with Gasteiger partial charge < -0.3 is 4.90 Å². The Morgan fingerprint density at radius 3 is 2.22 bits per heavy atom. The van der Waals surface area contributed by atoms with E-state index in [-0.39, 0.29) is 5.75 Å². The molecule has 0 aliphatic carbocycles. The Bertz CT molecular complexity index is 966. The van der Waals surface area contributed by atoms with Gasteiger partial charge in [0.1, 0.15) is 6.33 Å². The van der Waals surface area contributed by atoms with Gasteiger partial charge in [-0.1, -0.05) is 30.3 Å². The molecule has 3 heterocycles. The number of piperazine rings is 1. The number of hydrogen-bond donors (Lipinski definition) is 0. The molecule has 1 fully saturated rings. The van der Waals surface area contributed by atoms with E-state index in [1.165, 1.54) is 0 Å². The fourth-order valence-electron chi connectivity index (χ4n) is 3.09. The molecule has 0 N–H and O–H groups in total. The van der Waals surface area contributed by atoms with Crippen LogP contribution >= 0.6 is 0 Å². The monoisotopic (exact) mass is 384 g/mol. The Morgan fingerprint density at radius 1 is 0.889 bits per heavy atom. The van der Waals surface area contributed by atoms with Crippen molar-refractivity contribution >= 4 is 15.8 Å². The minimum Gasteiger partial charge on any atom is -0.352 e. The van der Waals surface area contributed by atoms with Gasteiger partial charge >= 0.3 is 0 Å². The van der Waals surface area contributed by atoms with Gasteiger partial charge in [0.25, 0.3) is 0 Å². The molecule has 0 atom stereocenters. The molecule has 3 aromatic rings. The zero-order valence-corrected chi connectivity index (χ0v) is 15.5. The van der Waals surface area contributed by atoms with E-state index in [1.54, 1.807) is 27.6 Å². The molecule has 1 aliphatic rings. The van der Waals surface area contributed by atoms with E-state index < -0.39 is 10.0 Å². The van der Waals surface area contributed by atoms with E-state index >= 15 is 0 Å². The van der Waals surface area contributed by atoms with Gasteiger partial charge in [0.05, 0.1) is 5.75 Å². The van der Waals surface area contributed by atoms with Crippen LogP contribution in [0.4, 0.5) is 5.82 Å². The van der Waals surface area contributed by atoms with Crippen molar-refractivity contribution in [1.29, 1.82) is 0 Å². The van der Waals surface area contributed by atoms with Gasteiger partial charge in [0.15, 0.2) is 11.6 Å². The lowest BCUT2D eigenvalue weighted by Crippen LogP contribution is -2.49. The van der Waals surface area contributed by atoms with Crippen molar-refractivity contribution in [1.82, 2.24) is 24.1 Å². The smallest absolute Gasteiger partial charge is 0.218 e. The second-order valence-electron chi connectivity index (χ2n) is 6.35. The van der Waals surface area contributed by atoms with Crippen molar-refractivity contribution in [3.63, 3.8) is 0 Å². The third-order valence-electron chi connectivity index (χ3n) is 4.55. The first-order valence-corrected chi connectivity index (χ1v) is 10.3. The first kappa shape index (κ1) is 17.6. The number of benzene rings is 1. The van der Waals surface area contributed by atoms with Crippen LogP contribution in [0.15, 0.2) is 61.2 Å². The second-order valence-corrected chi connectivity index (χ2v) is 8.32. The summed E-state index contributed by atoms with van der Waals surface area (Å²) in [5, 5.41) is 8.49. The molecule has 4 rings (SSSR count). The number of rotatable bonds is 5. The highest BCUT2D eigenvalue weighted by molar-refractivity contribution is 7.88. The van der Waals surface area contributed by atoms with Crippen LogP contribution in [-0.4, -0.2) is 58.7 Å². The van der Waals surface area contributed by atoms with Crippen LogP contribution in [0.5, 0.6) is 0 Å². The molecule has 8 nitrogen and oxygen atoms in total. The van der Waals surface area contributed by atoms with Crippen LogP contribution in [0.1, 0.15) is 5.56 Å². The number of imidazole rings is 1. The van der Waals surface area contributed by atoms with E-state index in [2.05, 4.69) is 20.1 Å². The maximum atomic E-state index is 12.6. The van der Waals surface area contributed by atoms with Crippen LogP contribution in [0.2, 0.25) is 0 Å². The maximum Gasteiger partial charge on any atom is 0.218 e. The minimum atomic E-state index is -3.32. The summed E-state index contributed by atoms with van der Waals surface area (Å²) in [6, 6.07) is 13.0. The molecule has 1 aliphatic heterocycles. The highest BCUT2D eigenvalue weighted by Gasteiger charge is 2.27. The SMILES string of the molecule is O=S(=O)(Cc1ccccc1)N1CCN(c2ccc(-n3ccnc3)nn2)CC1. The predicted molar refractivity (Wildman–Crippen MR) is 102 cm³/mol. The molecular weight excluding hydrogens is 364 g/mol. The number of anilines is 1. The van der Waals surface area contributed by atoms with Crippen molar-refractivity contribution < 1.29 is 8.42 Å². The molecule has 0 radical (unpaired) electrons. The van der Waals surface area contributed by atoms with Gasteiger partial charge in [-0.05, 0) is 17.7 Å². The molecule has 1 aromatic carbocycles. The van der Waals surface area contributed by atoms with Crippen molar-refractivity contribution in [2.45, 2.75) is 5.75 Å². The minimum absolute atomic E-state index is 0.0350. The zero-order chi connectivity index (χ0) is 18.7. The second kappa shape index (κ2) is 7.45. The van der Waals surface area contributed by atoms with Crippen molar-refractivity contribution in [2.75, 3.05) is 31.1 Å². The fourth-order valence-corrected chi connectivity index (χ4v) is 4.61. The average Bonchev–Trinajstić information content (AvgIpc) is 3.24. The predicted octanol–water partition coefficient (Wildman–Crippen LogP) is 1.31. The summed E-state index contributed by atoms with van der Waals surface area (Å²) in [7, 11) is -3.32. The van der Waals surface area contributed by atoms with E-state index in [4.69, 9.17) is 0 Å². The normalized spacial score (nSPS) is 15.8. The molecular formula is C18H20N6O2S. The Morgan fingerprint density at radius 2 is 1.59 bits per heavy atom. The molecule has 140 valence electrons. The molecule has 27 heavy (non-hydrogen) atoms. The molecule has 0 unspecified atom stereocenters. The summed E-state index contributed by atoms with van der Waals surface area (Å²) in [4.78, 5) is 6.05. The molecule has 0 bridgehead atoms. The van der Waals surface area contributed by atoms with Crippen LogP contribution in [0.25, 0.3) is 5.82 Å². The van der Waals surface area contributed by atoms with Crippen molar-refractivity contribution in [2.24, 2.45) is 0 Å². The van der Waals surface area contributed by atoms with Gasteiger partial charge in [0, 0.05) is 38.6 Å². The van der Waals surface area contributed by atoms with Crippen LogP contribution in [0.3, 0.4) is 0 Å². The Kier molecular flexibility index (Phi) is 4.87. The van der Waals surface area contributed by atoms with Crippen LogP contribution < -0.4 is 4.90 Å². The zero-order valence-electron chi connectivity index (χ0n) is 14.7. The number of nitrogens with zero attached hydrogens (tertiary/aromatic N) is 6. The van der Waals surface area contributed by atoms with E-state index in [0.717, 1.165) is 11.4 Å². The Balaban J connectivity index is 1.38. The van der Waals surface area contributed by atoms with Crippen LogP contribution in [-0.2, 0) is 15.8 Å². The number of aromatic nitrogens is 4. The largest absolute Gasteiger partial charge is 0.352 e. The van der Waals surface area contributed by atoms with Gasteiger partial charge in [-0.15, -0.1) is 10.2 Å². The van der Waals surface area contributed by atoms with E-state index in [1.807, 2.05) is 42.5 Å². The van der Waals surface area contributed by atoms with Gasteiger partial charge in [-0.2, -0.15) is 4.31 Å². The van der Waals surface area contributed by atoms with Gasteiger partial charge in [0.2, 0.25) is 10.0 Å². The lowest BCUT2D eigenvalue weighted by molar-refractivity contribution is 0.383. The number of sulfonamides is 1. The fraction of sp³-hybridized carbons (Fsp3) is 0.278. The van der Waals surface area contributed by atoms with Crippen LogP contribution in [0, 0.1) is 0 Å². The van der Waals surface area contributed by atoms with E-state index in [0.29, 0.717) is 32.0 Å². The quantitative estimate of drug-likeness (QED) is 0.660. The highest BCUT2D eigenvalue weighted by Crippen LogP contribution is 2.17. The lowest BCUT2D eigenvalue weighted by atomic mass is 10.2. The summed E-state index contributed by atoms with van der Waals surface area (Å²) in [5.74, 6) is 1.48. The molecule has 9 heteroatoms.